The lowest BCUT2D eigenvalue weighted by atomic mass is 10.1. The van der Waals surface area contributed by atoms with Gasteiger partial charge in [-0.25, -0.2) is 0 Å². The van der Waals surface area contributed by atoms with Gasteiger partial charge in [0.1, 0.15) is 11.2 Å². The molecule has 0 amide bonds. The van der Waals surface area contributed by atoms with E-state index in [0.29, 0.717) is 5.56 Å². The Morgan fingerprint density at radius 1 is 1.16 bits per heavy atom. The van der Waals surface area contributed by atoms with Gasteiger partial charge in [-0.05, 0) is 36.8 Å². The molecule has 0 N–H and O–H groups in total. The van der Waals surface area contributed by atoms with Gasteiger partial charge in [0.25, 0.3) is 0 Å². The number of aryl methyl sites for hydroxylation is 2. The van der Waals surface area contributed by atoms with E-state index in [1.807, 2.05) is 42.1 Å². The molecule has 0 saturated heterocycles. The maximum atomic E-state index is 9.07. The molecule has 3 rings (SSSR count). The predicted molar refractivity (Wildman–Crippen MR) is 73.9 cm³/mol. The number of rotatable bonds is 1. The highest BCUT2D eigenvalue weighted by Crippen LogP contribution is 2.20. The largest absolute Gasteiger partial charge is 0.203 e. The van der Waals surface area contributed by atoms with Crippen LogP contribution in [-0.4, -0.2) is 4.68 Å². The van der Waals surface area contributed by atoms with Gasteiger partial charge in [-0.1, -0.05) is 18.2 Å². The fourth-order valence-corrected chi connectivity index (χ4v) is 2.43. The van der Waals surface area contributed by atoms with E-state index in [1.165, 1.54) is 5.39 Å². The zero-order valence-corrected chi connectivity index (χ0v) is 11.0. The summed E-state index contributed by atoms with van der Waals surface area (Å²) in [5.41, 5.74) is 4.01. The summed E-state index contributed by atoms with van der Waals surface area (Å²) >= 11 is 0. The number of aromatic nitrogens is 2. The van der Waals surface area contributed by atoms with Crippen molar-refractivity contribution in [2.75, 3.05) is 0 Å². The molecule has 0 aliphatic rings. The van der Waals surface area contributed by atoms with Crippen LogP contribution >= 0.6 is 0 Å². The quantitative estimate of drug-likeness (QED) is 0.609. The number of nitrogens with zero attached hydrogens (tertiary/aromatic N) is 3. The second kappa shape index (κ2) is 4.25. The Kier molecular flexibility index (Phi) is 2.57. The number of hydrogen-bond acceptors (Lipinski definition) is 1. The minimum absolute atomic E-state index is 0.679. The Labute approximate surface area is 111 Å². The first kappa shape index (κ1) is 11.5. The van der Waals surface area contributed by atoms with Crippen molar-refractivity contribution in [3.8, 4) is 11.8 Å². The van der Waals surface area contributed by atoms with Gasteiger partial charge in [-0.15, -0.1) is 9.36 Å². The second-order valence-corrected chi connectivity index (χ2v) is 4.69. The van der Waals surface area contributed by atoms with Gasteiger partial charge in [-0.3, -0.25) is 0 Å². The maximum Gasteiger partial charge on any atom is 0.203 e. The van der Waals surface area contributed by atoms with Crippen LogP contribution < -0.4 is 4.68 Å². The monoisotopic (exact) mass is 248 g/mol. The predicted octanol–water partition coefficient (Wildman–Crippen LogP) is 2.64. The topological polar surface area (TPSA) is 32.6 Å². The molecule has 2 aromatic carbocycles. The van der Waals surface area contributed by atoms with Crippen molar-refractivity contribution in [3.05, 3.63) is 59.8 Å². The number of hydrogen-bond donors (Lipinski definition) is 0. The van der Waals surface area contributed by atoms with Crippen LogP contribution in [0.4, 0.5) is 0 Å². The molecule has 3 heteroatoms. The minimum atomic E-state index is 0.679. The van der Waals surface area contributed by atoms with E-state index in [9.17, 15) is 0 Å². The molecule has 0 aliphatic carbocycles. The Hall–Kier alpha value is -2.60. The Bertz CT molecular complexity index is 806. The molecule has 0 spiro atoms. The summed E-state index contributed by atoms with van der Waals surface area (Å²) < 4.78 is 4.18. The first-order chi connectivity index (χ1) is 9.20. The van der Waals surface area contributed by atoms with E-state index in [4.69, 9.17) is 5.26 Å². The van der Waals surface area contributed by atoms with Crippen LogP contribution in [0.15, 0.2) is 48.7 Å². The van der Waals surface area contributed by atoms with Gasteiger partial charge in [0, 0.05) is 0 Å². The summed E-state index contributed by atoms with van der Waals surface area (Å²) in [6.45, 7) is 2.06. The summed E-state index contributed by atoms with van der Waals surface area (Å²) in [5, 5.41) is 10.3. The van der Waals surface area contributed by atoms with Crippen LogP contribution in [0.2, 0.25) is 0 Å². The van der Waals surface area contributed by atoms with Crippen molar-refractivity contribution < 1.29 is 4.68 Å². The summed E-state index contributed by atoms with van der Waals surface area (Å²) in [7, 11) is 2.01. The minimum Gasteiger partial charge on any atom is -0.192 e. The smallest absolute Gasteiger partial charge is 0.192 e. The molecule has 0 saturated carbocycles. The molecule has 19 heavy (non-hydrogen) atoms. The van der Waals surface area contributed by atoms with Crippen molar-refractivity contribution in [1.82, 2.24) is 4.68 Å². The van der Waals surface area contributed by atoms with E-state index >= 15 is 0 Å². The highest BCUT2D eigenvalue weighted by atomic mass is 15.4. The summed E-state index contributed by atoms with van der Waals surface area (Å²) in [4.78, 5) is 0. The van der Waals surface area contributed by atoms with Crippen LogP contribution in [0.5, 0.6) is 0 Å². The average Bonchev–Trinajstić information content (AvgIpc) is 2.75. The van der Waals surface area contributed by atoms with Crippen molar-refractivity contribution in [3.63, 3.8) is 0 Å². The number of benzene rings is 2. The van der Waals surface area contributed by atoms with Crippen LogP contribution in [-0.2, 0) is 7.05 Å². The molecular formula is C16H14N3+. The maximum absolute atomic E-state index is 9.07. The molecule has 1 aromatic heterocycles. The van der Waals surface area contributed by atoms with Gasteiger partial charge in [0.2, 0.25) is 6.20 Å². The Balaban J connectivity index is 2.36. The molecule has 0 aliphatic heterocycles. The third kappa shape index (κ3) is 1.78. The molecular weight excluding hydrogens is 234 g/mol. The van der Waals surface area contributed by atoms with E-state index in [2.05, 4.69) is 36.0 Å². The molecule has 0 bridgehead atoms. The molecule has 3 aromatic rings. The van der Waals surface area contributed by atoms with Gasteiger partial charge in [0.15, 0.2) is 7.05 Å². The van der Waals surface area contributed by atoms with Crippen LogP contribution in [0, 0.1) is 18.3 Å². The molecule has 3 nitrogen and oxygen atoms in total. The lowest BCUT2D eigenvalue weighted by Crippen LogP contribution is -2.37. The summed E-state index contributed by atoms with van der Waals surface area (Å²) in [6, 6.07) is 16.2. The normalized spacial score (nSPS) is 10.6. The molecule has 0 unspecified atom stereocenters. The van der Waals surface area contributed by atoms with E-state index in [0.717, 1.165) is 16.8 Å². The first-order valence-electron chi connectivity index (χ1n) is 6.18. The lowest BCUT2D eigenvalue weighted by molar-refractivity contribution is -0.741. The number of fused-ring (bicyclic) bond motifs is 1. The zero-order chi connectivity index (χ0) is 13.4. The highest BCUT2D eigenvalue weighted by Gasteiger charge is 2.15. The lowest BCUT2D eigenvalue weighted by Gasteiger charge is -2.06. The Morgan fingerprint density at radius 3 is 2.74 bits per heavy atom. The standard InChI is InChI=1S/C16H14N3/c1-12-7-8-13(10-17)9-16(12)19-15-6-4-3-5-14(15)11-18(19)2/h3-9,11H,1-2H3/q+1. The zero-order valence-electron chi connectivity index (χ0n) is 11.0. The van der Waals surface area contributed by atoms with Crippen molar-refractivity contribution in [2.45, 2.75) is 6.92 Å². The van der Waals surface area contributed by atoms with Gasteiger partial charge >= 0.3 is 0 Å². The third-order valence-corrected chi connectivity index (χ3v) is 3.37. The second-order valence-electron chi connectivity index (χ2n) is 4.69. The number of para-hydroxylation sites is 1. The molecule has 1 heterocycles. The fourth-order valence-electron chi connectivity index (χ4n) is 2.43. The van der Waals surface area contributed by atoms with Crippen molar-refractivity contribution in [2.24, 2.45) is 7.05 Å². The summed E-state index contributed by atoms with van der Waals surface area (Å²) in [6.07, 6.45) is 2.09. The van der Waals surface area contributed by atoms with Crippen LogP contribution in [0.3, 0.4) is 0 Å². The first-order valence-corrected chi connectivity index (χ1v) is 6.18. The molecule has 0 radical (unpaired) electrons. The molecule has 0 atom stereocenters. The number of nitriles is 1. The van der Waals surface area contributed by atoms with E-state index < -0.39 is 0 Å². The highest BCUT2D eigenvalue weighted by molar-refractivity contribution is 5.79. The van der Waals surface area contributed by atoms with E-state index in [-0.39, 0.29) is 0 Å². The van der Waals surface area contributed by atoms with E-state index in [1.54, 1.807) is 0 Å². The third-order valence-electron chi connectivity index (χ3n) is 3.37. The fraction of sp³-hybridized carbons (Fsp3) is 0.125. The average molecular weight is 248 g/mol. The van der Waals surface area contributed by atoms with Crippen LogP contribution in [0.1, 0.15) is 11.1 Å². The summed E-state index contributed by atoms with van der Waals surface area (Å²) in [5.74, 6) is 0. The van der Waals surface area contributed by atoms with Crippen molar-refractivity contribution in [1.29, 1.82) is 5.26 Å². The molecule has 0 fully saturated rings. The van der Waals surface area contributed by atoms with Crippen LogP contribution in [0.25, 0.3) is 16.6 Å². The van der Waals surface area contributed by atoms with Gasteiger partial charge in [-0.2, -0.15) is 5.26 Å². The molecule has 92 valence electrons. The van der Waals surface area contributed by atoms with Crippen molar-refractivity contribution >= 4 is 10.9 Å². The Morgan fingerprint density at radius 2 is 1.95 bits per heavy atom. The van der Waals surface area contributed by atoms with Gasteiger partial charge < -0.3 is 0 Å². The van der Waals surface area contributed by atoms with Gasteiger partial charge in [0.05, 0.1) is 17.0 Å². The SMILES string of the molecule is Cc1ccc(C#N)cc1-n1c2ccccc2c[n+]1C.